The largest absolute Gasteiger partial charge is 0.497 e. The van der Waals surface area contributed by atoms with Crippen molar-refractivity contribution in [2.75, 3.05) is 20.3 Å². The first-order valence-corrected chi connectivity index (χ1v) is 6.73. The Bertz CT molecular complexity index is 536. The molecule has 3 nitrogen and oxygen atoms in total. The highest BCUT2D eigenvalue weighted by atomic mass is 16.5. The van der Waals surface area contributed by atoms with Gasteiger partial charge in [0.05, 0.1) is 13.7 Å². The molecule has 0 radical (unpaired) electrons. The lowest BCUT2D eigenvalue weighted by atomic mass is 9.76. The smallest absolute Gasteiger partial charge is 0.119 e. The molecule has 3 heteroatoms. The normalized spacial score (nSPS) is 13.8. The van der Waals surface area contributed by atoms with Gasteiger partial charge >= 0.3 is 0 Å². The molecule has 0 aliphatic heterocycles. The summed E-state index contributed by atoms with van der Waals surface area (Å²) in [7, 11) is 1.65. The molecule has 2 aromatic rings. The molecule has 0 bridgehead atoms. The second-order valence-electron chi connectivity index (χ2n) is 5.04. The van der Waals surface area contributed by atoms with E-state index >= 15 is 0 Å². The summed E-state index contributed by atoms with van der Waals surface area (Å²) in [5, 5.41) is 9.91. The topological polar surface area (TPSA) is 55.5 Å². The number of hydrogen-bond donors (Lipinski definition) is 2. The van der Waals surface area contributed by atoms with Crippen LogP contribution in [-0.4, -0.2) is 25.4 Å². The fraction of sp³-hybridized carbons (Fsp3) is 0.294. The van der Waals surface area contributed by atoms with Gasteiger partial charge in [0.1, 0.15) is 5.75 Å². The van der Waals surface area contributed by atoms with Gasteiger partial charge in [0.2, 0.25) is 0 Å². The van der Waals surface area contributed by atoms with Gasteiger partial charge in [-0.1, -0.05) is 42.5 Å². The Labute approximate surface area is 120 Å². The van der Waals surface area contributed by atoms with Crippen molar-refractivity contribution in [3.63, 3.8) is 0 Å². The van der Waals surface area contributed by atoms with Crippen LogP contribution in [0.1, 0.15) is 11.1 Å². The molecule has 0 aromatic heterocycles. The van der Waals surface area contributed by atoms with Crippen molar-refractivity contribution in [3.8, 4) is 5.75 Å². The van der Waals surface area contributed by atoms with Crippen LogP contribution in [0, 0.1) is 0 Å². The maximum Gasteiger partial charge on any atom is 0.119 e. The number of methoxy groups -OCH3 is 1. The van der Waals surface area contributed by atoms with Gasteiger partial charge in [-0.25, -0.2) is 0 Å². The average Bonchev–Trinajstić information content (AvgIpc) is 2.54. The standard InChI is InChI=1S/C17H21NO2/c1-20-16-9-5-6-14(10-16)11-17(12-18,13-19)15-7-3-2-4-8-15/h2-10,19H,11-13,18H2,1H3. The minimum Gasteiger partial charge on any atom is -0.497 e. The fourth-order valence-corrected chi connectivity index (χ4v) is 2.47. The third-order valence-electron chi connectivity index (χ3n) is 3.76. The van der Waals surface area contributed by atoms with E-state index in [1.54, 1.807) is 7.11 Å². The van der Waals surface area contributed by atoms with Crippen molar-refractivity contribution in [1.29, 1.82) is 0 Å². The minimum absolute atomic E-state index is 0.0186. The van der Waals surface area contributed by atoms with Gasteiger partial charge < -0.3 is 15.6 Å². The van der Waals surface area contributed by atoms with Crippen molar-refractivity contribution in [1.82, 2.24) is 0 Å². The third-order valence-corrected chi connectivity index (χ3v) is 3.76. The van der Waals surface area contributed by atoms with Crippen LogP contribution in [0.15, 0.2) is 54.6 Å². The first-order valence-electron chi connectivity index (χ1n) is 6.73. The lowest BCUT2D eigenvalue weighted by Crippen LogP contribution is -2.41. The van der Waals surface area contributed by atoms with Crippen LogP contribution < -0.4 is 10.5 Å². The van der Waals surface area contributed by atoms with Gasteiger partial charge in [-0.05, 0) is 29.7 Å². The molecule has 0 amide bonds. The zero-order valence-electron chi connectivity index (χ0n) is 11.8. The van der Waals surface area contributed by atoms with Gasteiger partial charge in [0, 0.05) is 12.0 Å². The Hall–Kier alpha value is -1.84. The van der Waals surface area contributed by atoms with Gasteiger partial charge in [-0.15, -0.1) is 0 Å². The van der Waals surface area contributed by atoms with Crippen LogP contribution in [-0.2, 0) is 11.8 Å². The highest BCUT2D eigenvalue weighted by molar-refractivity contribution is 5.34. The molecule has 3 N–H and O–H groups in total. The average molecular weight is 271 g/mol. The quantitative estimate of drug-likeness (QED) is 0.846. The lowest BCUT2D eigenvalue weighted by molar-refractivity contribution is 0.196. The number of nitrogens with two attached hydrogens (primary N) is 1. The summed E-state index contributed by atoms with van der Waals surface area (Å²) >= 11 is 0. The van der Waals surface area contributed by atoms with E-state index in [0.29, 0.717) is 13.0 Å². The first-order chi connectivity index (χ1) is 9.74. The van der Waals surface area contributed by atoms with Crippen LogP contribution >= 0.6 is 0 Å². The molecule has 0 aliphatic carbocycles. The predicted octanol–water partition coefficient (Wildman–Crippen LogP) is 2.13. The van der Waals surface area contributed by atoms with Crippen molar-refractivity contribution in [2.45, 2.75) is 11.8 Å². The second-order valence-corrected chi connectivity index (χ2v) is 5.04. The van der Waals surface area contributed by atoms with Gasteiger partial charge in [-0.2, -0.15) is 0 Å². The molecule has 0 saturated carbocycles. The molecule has 0 fully saturated rings. The molecular weight excluding hydrogens is 250 g/mol. The van der Waals surface area contributed by atoms with E-state index in [9.17, 15) is 5.11 Å². The van der Waals surface area contributed by atoms with Crippen LogP contribution in [0.5, 0.6) is 5.75 Å². The Kier molecular flexibility index (Phi) is 4.77. The number of hydrogen-bond acceptors (Lipinski definition) is 3. The van der Waals surface area contributed by atoms with E-state index in [0.717, 1.165) is 16.9 Å². The lowest BCUT2D eigenvalue weighted by Gasteiger charge is -2.31. The molecule has 0 spiro atoms. The molecule has 0 heterocycles. The number of rotatable bonds is 6. The first kappa shape index (κ1) is 14.6. The van der Waals surface area contributed by atoms with E-state index in [1.807, 2.05) is 54.6 Å². The summed E-state index contributed by atoms with van der Waals surface area (Å²) in [6.07, 6.45) is 0.682. The molecular formula is C17H21NO2. The van der Waals surface area contributed by atoms with E-state index in [4.69, 9.17) is 10.5 Å². The van der Waals surface area contributed by atoms with Gasteiger partial charge in [0.25, 0.3) is 0 Å². The Balaban J connectivity index is 2.34. The van der Waals surface area contributed by atoms with E-state index in [-0.39, 0.29) is 6.61 Å². The van der Waals surface area contributed by atoms with Crippen LogP contribution in [0.4, 0.5) is 0 Å². The SMILES string of the molecule is COc1cccc(CC(CN)(CO)c2ccccc2)c1. The summed E-state index contributed by atoms with van der Waals surface area (Å²) in [4.78, 5) is 0. The molecule has 1 unspecified atom stereocenters. The van der Waals surface area contributed by atoms with E-state index in [1.165, 1.54) is 0 Å². The maximum absolute atomic E-state index is 9.91. The number of benzene rings is 2. The molecule has 106 valence electrons. The zero-order valence-corrected chi connectivity index (χ0v) is 11.8. The van der Waals surface area contributed by atoms with Crippen LogP contribution in [0.2, 0.25) is 0 Å². The second kappa shape index (κ2) is 6.55. The third kappa shape index (κ3) is 3.00. The van der Waals surface area contributed by atoms with Crippen LogP contribution in [0.25, 0.3) is 0 Å². The molecule has 1 atom stereocenters. The Morgan fingerprint density at radius 2 is 1.85 bits per heavy atom. The molecule has 2 rings (SSSR count). The predicted molar refractivity (Wildman–Crippen MR) is 81.0 cm³/mol. The number of aliphatic hydroxyl groups excluding tert-OH is 1. The minimum atomic E-state index is -0.451. The highest BCUT2D eigenvalue weighted by Gasteiger charge is 2.30. The van der Waals surface area contributed by atoms with Crippen molar-refractivity contribution < 1.29 is 9.84 Å². The van der Waals surface area contributed by atoms with Crippen molar-refractivity contribution >= 4 is 0 Å². The van der Waals surface area contributed by atoms with Crippen LogP contribution in [0.3, 0.4) is 0 Å². The fourth-order valence-electron chi connectivity index (χ4n) is 2.47. The van der Waals surface area contributed by atoms with E-state index < -0.39 is 5.41 Å². The summed E-state index contributed by atoms with van der Waals surface area (Å²) in [6.45, 7) is 0.412. The number of ether oxygens (including phenoxy) is 1. The highest BCUT2D eigenvalue weighted by Crippen LogP contribution is 2.28. The monoisotopic (exact) mass is 271 g/mol. The summed E-state index contributed by atoms with van der Waals surface area (Å²) in [5.41, 5.74) is 7.69. The Morgan fingerprint density at radius 1 is 1.10 bits per heavy atom. The summed E-state index contributed by atoms with van der Waals surface area (Å²) < 4.78 is 5.25. The van der Waals surface area contributed by atoms with Crippen molar-refractivity contribution in [2.24, 2.45) is 5.73 Å². The zero-order chi connectivity index (χ0) is 14.4. The van der Waals surface area contributed by atoms with Crippen molar-refractivity contribution in [3.05, 3.63) is 65.7 Å². The molecule has 0 saturated heterocycles. The maximum atomic E-state index is 9.91. The van der Waals surface area contributed by atoms with Gasteiger partial charge in [-0.3, -0.25) is 0 Å². The summed E-state index contributed by atoms with van der Waals surface area (Å²) in [5.74, 6) is 0.819. The molecule has 20 heavy (non-hydrogen) atoms. The molecule has 2 aromatic carbocycles. The Morgan fingerprint density at radius 3 is 2.45 bits per heavy atom. The van der Waals surface area contributed by atoms with Gasteiger partial charge in [0.15, 0.2) is 0 Å². The van der Waals surface area contributed by atoms with E-state index in [2.05, 4.69) is 0 Å². The summed E-state index contributed by atoms with van der Waals surface area (Å²) in [6, 6.07) is 17.8. The molecule has 0 aliphatic rings. The number of aliphatic hydroxyl groups is 1.